The van der Waals surface area contributed by atoms with E-state index in [1.165, 1.54) is 30.0 Å². The predicted molar refractivity (Wildman–Crippen MR) is 101 cm³/mol. The van der Waals surface area contributed by atoms with Crippen molar-refractivity contribution in [1.29, 1.82) is 0 Å². The molecule has 0 saturated heterocycles. The standard InChI is InChI=1S/C17H15ClN2O2S2/c1-3-20-16(22)14-13(11-4-6-12(18)7-5-11)9-23-15(14)19-17(20)24-8-10(2)21/h4-7,9H,3,8H2,1-2H3. The molecule has 0 unspecified atom stereocenters. The van der Waals surface area contributed by atoms with Crippen LogP contribution >= 0.6 is 34.7 Å². The number of hydrogen-bond acceptors (Lipinski definition) is 5. The van der Waals surface area contributed by atoms with Gasteiger partial charge in [0, 0.05) is 22.5 Å². The molecule has 0 amide bonds. The predicted octanol–water partition coefficient (Wildman–Crippen LogP) is 4.48. The van der Waals surface area contributed by atoms with Crippen LogP contribution in [-0.2, 0) is 11.3 Å². The number of hydrogen-bond donors (Lipinski definition) is 0. The van der Waals surface area contributed by atoms with Crippen LogP contribution in [0.25, 0.3) is 21.3 Å². The number of carbonyl (C=O) groups is 1. The van der Waals surface area contributed by atoms with Crippen molar-refractivity contribution in [3.63, 3.8) is 0 Å². The summed E-state index contributed by atoms with van der Waals surface area (Å²) < 4.78 is 1.63. The number of carbonyl (C=O) groups excluding carboxylic acids is 1. The molecule has 0 aliphatic heterocycles. The summed E-state index contributed by atoms with van der Waals surface area (Å²) >= 11 is 8.69. The number of aromatic nitrogens is 2. The monoisotopic (exact) mass is 378 g/mol. The molecule has 3 rings (SSSR count). The third-order valence-electron chi connectivity index (χ3n) is 3.53. The van der Waals surface area contributed by atoms with Crippen LogP contribution in [0.2, 0.25) is 5.02 Å². The lowest BCUT2D eigenvalue weighted by Crippen LogP contribution is -2.22. The van der Waals surface area contributed by atoms with Crippen molar-refractivity contribution in [1.82, 2.24) is 9.55 Å². The quantitative estimate of drug-likeness (QED) is 0.485. The largest absolute Gasteiger partial charge is 0.299 e. The zero-order chi connectivity index (χ0) is 17.3. The van der Waals surface area contributed by atoms with Gasteiger partial charge >= 0.3 is 0 Å². The van der Waals surface area contributed by atoms with Crippen molar-refractivity contribution in [2.24, 2.45) is 0 Å². The summed E-state index contributed by atoms with van der Waals surface area (Å²) in [6.07, 6.45) is 0. The van der Waals surface area contributed by atoms with Crippen molar-refractivity contribution < 1.29 is 4.79 Å². The minimum Gasteiger partial charge on any atom is -0.299 e. The molecule has 3 aromatic rings. The van der Waals surface area contributed by atoms with E-state index < -0.39 is 0 Å². The van der Waals surface area contributed by atoms with Gasteiger partial charge in [-0.05, 0) is 31.5 Å². The smallest absolute Gasteiger partial charge is 0.263 e. The molecule has 0 N–H and O–H groups in total. The first-order valence-corrected chi connectivity index (χ1v) is 9.65. The highest BCUT2D eigenvalue weighted by Gasteiger charge is 2.17. The van der Waals surface area contributed by atoms with Gasteiger partial charge in [-0.15, -0.1) is 11.3 Å². The fraction of sp³-hybridized carbons (Fsp3) is 0.235. The molecule has 7 heteroatoms. The molecule has 24 heavy (non-hydrogen) atoms. The molecule has 1 aromatic carbocycles. The van der Waals surface area contributed by atoms with E-state index in [-0.39, 0.29) is 11.3 Å². The van der Waals surface area contributed by atoms with Crippen molar-refractivity contribution in [3.05, 3.63) is 45.0 Å². The van der Waals surface area contributed by atoms with E-state index in [2.05, 4.69) is 4.98 Å². The highest BCUT2D eigenvalue weighted by atomic mass is 35.5. The first-order chi connectivity index (χ1) is 11.5. The lowest BCUT2D eigenvalue weighted by atomic mass is 10.1. The van der Waals surface area contributed by atoms with Crippen molar-refractivity contribution >= 4 is 50.7 Å². The van der Waals surface area contributed by atoms with E-state index in [0.717, 1.165) is 11.1 Å². The number of ketones is 1. The summed E-state index contributed by atoms with van der Waals surface area (Å²) in [5.74, 6) is 0.373. The van der Waals surface area contributed by atoms with E-state index >= 15 is 0 Å². The fourth-order valence-electron chi connectivity index (χ4n) is 2.40. The Bertz CT molecular complexity index is 961. The number of benzene rings is 1. The van der Waals surface area contributed by atoms with Gasteiger partial charge in [-0.1, -0.05) is 35.5 Å². The number of Topliss-reactive ketones (excluding diaryl/α,β-unsaturated/α-hetero) is 1. The number of halogens is 1. The Morgan fingerprint density at radius 1 is 1.33 bits per heavy atom. The third-order valence-corrected chi connectivity index (χ3v) is 5.78. The van der Waals surface area contributed by atoms with Crippen LogP contribution in [0.3, 0.4) is 0 Å². The molecule has 0 saturated carbocycles. The zero-order valence-electron chi connectivity index (χ0n) is 13.2. The molecule has 2 heterocycles. The number of fused-ring (bicyclic) bond motifs is 1. The molecule has 4 nitrogen and oxygen atoms in total. The Labute approximate surface area is 152 Å². The lowest BCUT2D eigenvalue weighted by Gasteiger charge is -2.09. The van der Waals surface area contributed by atoms with Crippen LogP contribution < -0.4 is 5.56 Å². The second kappa shape index (κ2) is 7.09. The minimum absolute atomic E-state index is 0.0602. The highest BCUT2D eigenvalue weighted by Crippen LogP contribution is 2.32. The Kier molecular flexibility index (Phi) is 5.08. The first-order valence-electron chi connectivity index (χ1n) is 7.41. The van der Waals surface area contributed by atoms with E-state index in [1.807, 2.05) is 36.6 Å². The number of thiophene rings is 1. The van der Waals surface area contributed by atoms with Gasteiger partial charge in [-0.3, -0.25) is 14.2 Å². The lowest BCUT2D eigenvalue weighted by molar-refractivity contribution is -0.114. The summed E-state index contributed by atoms with van der Waals surface area (Å²) in [6.45, 7) is 3.95. The summed E-state index contributed by atoms with van der Waals surface area (Å²) in [6, 6.07) is 7.42. The SMILES string of the molecule is CCn1c(SCC(C)=O)nc2scc(-c3ccc(Cl)cc3)c2c1=O. The van der Waals surface area contributed by atoms with Crippen molar-refractivity contribution in [2.75, 3.05) is 5.75 Å². The van der Waals surface area contributed by atoms with E-state index in [4.69, 9.17) is 11.6 Å². The van der Waals surface area contributed by atoms with Crippen LogP contribution in [0.15, 0.2) is 39.6 Å². The molecule has 2 aromatic heterocycles. The molecule has 0 aliphatic carbocycles. The average molecular weight is 379 g/mol. The highest BCUT2D eigenvalue weighted by molar-refractivity contribution is 7.99. The second-order valence-electron chi connectivity index (χ2n) is 5.27. The molecule has 0 aliphatic rings. The molecular weight excluding hydrogens is 364 g/mol. The summed E-state index contributed by atoms with van der Waals surface area (Å²) in [7, 11) is 0. The molecular formula is C17H15ClN2O2S2. The van der Waals surface area contributed by atoms with Gasteiger partial charge in [0.2, 0.25) is 0 Å². The number of nitrogens with zero attached hydrogens (tertiary/aromatic N) is 2. The summed E-state index contributed by atoms with van der Waals surface area (Å²) in [5, 5.41) is 3.82. The van der Waals surface area contributed by atoms with Crippen LogP contribution in [0.4, 0.5) is 0 Å². The topological polar surface area (TPSA) is 52.0 Å². The Morgan fingerprint density at radius 3 is 2.67 bits per heavy atom. The van der Waals surface area contributed by atoms with Crippen LogP contribution in [0, 0.1) is 0 Å². The first kappa shape index (κ1) is 17.2. The molecule has 0 spiro atoms. The van der Waals surface area contributed by atoms with Gasteiger partial charge in [0.05, 0.1) is 11.1 Å². The Balaban J connectivity index is 2.17. The third kappa shape index (κ3) is 3.27. The van der Waals surface area contributed by atoms with Gasteiger partial charge in [0.15, 0.2) is 5.16 Å². The van der Waals surface area contributed by atoms with E-state index in [0.29, 0.717) is 32.7 Å². The van der Waals surface area contributed by atoms with Gasteiger partial charge in [-0.25, -0.2) is 4.98 Å². The van der Waals surface area contributed by atoms with Gasteiger partial charge in [0.1, 0.15) is 10.6 Å². The molecule has 0 fully saturated rings. The normalized spacial score (nSPS) is 11.1. The molecule has 124 valence electrons. The van der Waals surface area contributed by atoms with Gasteiger partial charge in [-0.2, -0.15) is 0 Å². The summed E-state index contributed by atoms with van der Waals surface area (Å²) in [5.41, 5.74) is 1.74. The van der Waals surface area contributed by atoms with Gasteiger partial charge in [0.25, 0.3) is 5.56 Å². The zero-order valence-corrected chi connectivity index (χ0v) is 15.6. The average Bonchev–Trinajstić information content (AvgIpc) is 2.98. The van der Waals surface area contributed by atoms with Crippen LogP contribution in [0.1, 0.15) is 13.8 Å². The molecule has 0 bridgehead atoms. The van der Waals surface area contributed by atoms with Gasteiger partial charge < -0.3 is 0 Å². The van der Waals surface area contributed by atoms with E-state index in [1.54, 1.807) is 4.57 Å². The Hall–Kier alpha value is -1.63. The summed E-state index contributed by atoms with van der Waals surface area (Å²) in [4.78, 5) is 29.5. The maximum atomic E-state index is 13.0. The Morgan fingerprint density at radius 2 is 2.04 bits per heavy atom. The van der Waals surface area contributed by atoms with Crippen molar-refractivity contribution in [2.45, 2.75) is 25.5 Å². The molecule has 0 atom stereocenters. The van der Waals surface area contributed by atoms with Crippen LogP contribution in [-0.4, -0.2) is 21.1 Å². The number of rotatable bonds is 5. The fourth-order valence-corrected chi connectivity index (χ4v) is 4.38. The number of thioether (sulfide) groups is 1. The maximum absolute atomic E-state index is 13.0. The van der Waals surface area contributed by atoms with Crippen molar-refractivity contribution in [3.8, 4) is 11.1 Å². The minimum atomic E-state index is -0.0697. The second-order valence-corrected chi connectivity index (χ2v) is 7.51. The van der Waals surface area contributed by atoms with E-state index in [9.17, 15) is 9.59 Å². The maximum Gasteiger partial charge on any atom is 0.263 e. The molecule has 0 radical (unpaired) electrons. The van der Waals surface area contributed by atoms with Crippen LogP contribution in [0.5, 0.6) is 0 Å².